The summed E-state index contributed by atoms with van der Waals surface area (Å²) in [6, 6.07) is 9.55. The molecule has 23 heavy (non-hydrogen) atoms. The van der Waals surface area contributed by atoms with E-state index in [2.05, 4.69) is 10.1 Å². The van der Waals surface area contributed by atoms with Gasteiger partial charge in [-0.05, 0) is 37.3 Å². The minimum Gasteiger partial charge on any atom is -0.497 e. The monoisotopic (exact) mass is 329 g/mol. The number of benzene rings is 1. The van der Waals surface area contributed by atoms with Crippen LogP contribution in [0.5, 0.6) is 5.75 Å². The van der Waals surface area contributed by atoms with Gasteiger partial charge in [-0.3, -0.25) is 0 Å². The van der Waals surface area contributed by atoms with Crippen LogP contribution in [0.1, 0.15) is 17.4 Å². The van der Waals surface area contributed by atoms with Crippen molar-refractivity contribution in [1.82, 2.24) is 14.8 Å². The maximum Gasteiger partial charge on any atom is 0.357 e. The van der Waals surface area contributed by atoms with E-state index in [1.54, 1.807) is 24.1 Å². The van der Waals surface area contributed by atoms with Crippen LogP contribution in [0, 0.1) is 0 Å². The smallest absolute Gasteiger partial charge is 0.357 e. The van der Waals surface area contributed by atoms with E-state index in [0.717, 1.165) is 17.0 Å². The van der Waals surface area contributed by atoms with Crippen LogP contribution < -0.4 is 4.74 Å². The molecule has 0 spiro atoms. The van der Waals surface area contributed by atoms with E-state index in [-0.39, 0.29) is 0 Å². The Balaban J connectivity index is 1.82. The molecule has 3 rings (SSSR count). The molecule has 118 valence electrons. The van der Waals surface area contributed by atoms with Gasteiger partial charge in [-0.15, -0.1) is 11.3 Å². The molecule has 3 aromatic rings. The predicted octanol–water partition coefficient (Wildman–Crippen LogP) is 3.18. The van der Waals surface area contributed by atoms with Crippen molar-refractivity contribution in [3.05, 3.63) is 47.6 Å². The van der Waals surface area contributed by atoms with Gasteiger partial charge in [0.1, 0.15) is 5.75 Å². The van der Waals surface area contributed by atoms with Crippen molar-refractivity contribution in [1.29, 1.82) is 0 Å². The number of nitrogens with zero attached hydrogens (tertiary/aromatic N) is 3. The number of aromatic nitrogens is 3. The van der Waals surface area contributed by atoms with E-state index in [4.69, 9.17) is 9.47 Å². The number of hydrogen-bond acceptors (Lipinski definition) is 6. The number of methoxy groups -OCH3 is 1. The van der Waals surface area contributed by atoms with Crippen LogP contribution in [0.25, 0.3) is 16.4 Å². The molecule has 0 aliphatic rings. The molecular formula is C16H15N3O3S. The minimum atomic E-state index is -0.419. The maximum atomic E-state index is 11.7. The van der Waals surface area contributed by atoms with Crippen molar-refractivity contribution in [2.24, 2.45) is 0 Å². The number of hydrogen-bond donors (Lipinski definition) is 0. The summed E-state index contributed by atoms with van der Waals surface area (Å²) in [4.78, 5) is 15.9. The van der Waals surface area contributed by atoms with E-state index in [1.165, 1.54) is 11.3 Å². The predicted molar refractivity (Wildman–Crippen MR) is 87.2 cm³/mol. The number of carbonyl (C=O) groups is 1. The van der Waals surface area contributed by atoms with Gasteiger partial charge in [0.15, 0.2) is 5.69 Å². The second kappa shape index (κ2) is 6.62. The van der Waals surface area contributed by atoms with Crippen LogP contribution in [0.15, 0.2) is 41.9 Å². The van der Waals surface area contributed by atoms with E-state index >= 15 is 0 Å². The molecular weight excluding hydrogens is 314 g/mol. The highest BCUT2D eigenvalue weighted by molar-refractivity contribution is 7.12. The lowest BCUT2D eigenvalue weighted by molar-refractivity contribution is 0.0520. The first kappa shape index (κ1) is 15.2. The van der Waals surface area contributed by atoms with Gasteiger partial charge in [0.2, 0.25) is 5.13 Å². The molecule has 6 nitrogen and oxygen atoms in total. The van der Waals surface area contributed by atoms with Gasteiger partial charge in [0.05, 0.1) is 19.4 Å². The summed E-state index contributed by atoms with van der Waals surface area (Å²) in [5.41, 5.74) is 2.10. The Hall–Kier alpha value is -2.67. The number of carbonyl (C=O) groups excluding carboxylic acids is 1. The second-order valence-corrected chi connectivity index (χ2v) is 5.45. The van der Waals surface area contributed by atoms with Crippen molar-refractivity contribution in [2.45, 2.75) is 6.92 Å². The van der Waals surface area contributed by atoms with Gasteiger partial charge in [-0.2, -0.15) is 5.10 Å². The Kier molecular flexibility index (Phi) is 4.38. The zero-order chi connectivity index (χ0) is 16.2. The Morgan fingerprint density at radius 1 is 1.26 bits per heavy atom. The first-order valence-corrected chi connectivity index (χ1v) is 7.92. The quantitative estimate of drug-likeness (QED) is 0.673. The van der Waals surface area contributed by atoms with Gasteiger partial charge in [-0.1, -0.05) is 0 Å². The molecule has 2 aromatic heterocycles. The normalized spacial score (nSPS) is 10.5. The molecule has 0 unspecified atom stereocenters. The fraction of sp³-hybridized carbons (Fsp3) is 0.188. The standard InChI is InChI=1S/C16H15N3O3S/c1-3-22-15(20)14-10-23-16(17-14)19-9-8-13(18-19)11-4-6-12(21-2)7-5-11/h4-10H,3H2,1-2H3. The van der Waals surface area contributed by atoms with Gasteiger partial charge in [0.25, 0.3) is 0 Å². The molecule has 0 atom stereocenters. The number of ether oxygens (including phenoxy) is 2. The van der Waals surface area contributed by atoms with Gasteiger partial charge < -0.3 is 9.47 Å². The van der Waals surface area contributed by atoms with Crippen LogP contribution in [0.2, 0.25) is 0 Å². The summed E-state index contributed by atoms with van der Waals surface area (Å²) >= 11 is 1.34. The molecule has 0 N–H and O–H groups in total. The lowest BCUT2D eigenvalue weighted by Crippen LogP contribution is -2.05. The van der Waals surface area contributed by atoms with Crippen molar-refractivity contribution >= 4 is 17.3 Å². The molecule has 2 heterocycles. The topological polar surface area (TPSA) is 66.2 Å². The fourth-order valence-electron chi connectivity index (χ4n) is 2.01. The summed E-state index contributed by atoms with van der Waals surface area (Å²) in [7, 11) is 1.63. The van der Waals surface area contributed by atoms with Crippen LogP contribution in [-0.4, -0.2) is 34.5 Å². The average Bonchev–Trinajstić information content (AvgIpc) is 3.24. The SMILES string of the molecule is CCOC(=O)c1csc(-n2ccc(-c3ccc(OC)cc3)n2)n1. The zero-order valence-electron chi connectivity index (χ0n) is 12.7. The van der Waals surface area contributed by atoms with Crippen molar-refractivity contribution in [3.63, 3.8) is 0 Å². The van der Waals surface area contributed by atoms with E-state index in [0.29, 0.717) is 17.4 Å². The summed E-state index contributed by atoms with van der Waals surface area (Å²) < 4.78 is 11.7. The fourth-order valence-corrected chi connectivity index (χ4v) is 2.74. The summed E-state index contributed by atoms with van der Waals surface area (Å²) in [5, 5.41) is 6.78. The van der Waals surface area contributed by atoms with Crippen molar-refractivity contribution in [3.8, 4) is 22.1 Å². The van der Waals surface area contributed by atoms with Gasteiger partial charge in [-0.25, -0.2) is 14.5 Å². The van der Waals surface area contributed by atoms with Gasteiger partial charge >= 0.3 is 5.97 Å². The highest BCUT2D eigenvalue weighted by atomic mass is 32.1. The lowest BCUT2D eigenvalue weighted by atomic mass is 10.1. The Morgan fingerprint density at radius 2 is 2.04 bits per heavy atom. The molecule has 0 fully saturated rings. The highest BCUT2D eigenvalue weighted by Gasteiger charge is 2.13. The van der Waals surface area contributed by atoms with Crippen molar-refractivity contribution in [2.75, 3.05) is 13.7 Å². The molecule has 0 bridgehead atoms. The summed E-state index contributed by atoms with van der Waals surface area (Å²) in [5.74, 6) is 0.379. The summed E-state index contributed by atoms with van der Waals surface area (Å²) in [6.07, 6.45) is 1.81. The number of rotatable bonds is 5. The van der Waals surface area contributed by atoms with E-state index in [1.807, 2.05) is 36.5 Å². The van der Waals surface area contributed by atoms with E-state index < -0.39 is 5.97 Å². The molecule has 0 aliphatic heterocycles. The van der Waals surface area contributed by atoms with Crippen LogP contribution in [0.4, 0.5) is 0 Å². The number of thiazole rings is 1. The highest BCUT2D eigenvalue weighted by Crippen LogP contribution is 2.22. The first-order valence-electron chi connectivity index (χ1n) is 7.04. The van der Waals surface area contributed by atoms with Gasteiger partial charge in [0, 0.05) is 17.1 Å². The molecule has 0 saturated heterocycles. The van der Waals surface area contributed by atoms with E-state index in [9.17, 15) is 4.79 Å². The molecule has 7 heteroatoms. The molecule has 0 aliphatic carbocycles. The average molecular weight is 329 g/mol. The van der Waals surface area contributed by atoms with Crippen LogP contribution >= 0.6 is 11.3 Å². The molecule has 0 saturated carbocycles. The zero-order valence-corrected chi connectivity index (χ0v) is 13.5. The molecule has 0 radical (unpaired) electrons. The number of esters is 1. The third-order valence-corrected chi connectivity index (χ3v) is 3.98. The molecule has 1 aromatic carbocycles. The molecule has 0 amide bonds. The Bertz CT molecular complexity index is 808. The summed E-state index contributed by atoms with van der Waals surface area (Å²) in [6.45, 7) is 2.09. The largest absolute Gasteiger partial charge is 0.497 e. The lowest BCUT2D eigenvalue weighted by Gasteiger charge is -2.00. The van der Waals surface area contributed by atoms with Crippen LogP contribution in [0.3, 0.4) is 0 Å². The third kappa shape index (κ3) is 3.24. The first-order chi connectivity index (χ1) is 11.2. The Labute approximate surface area is 137 Å². The third-order valence-electron chi connectivity index (χ3n) is 3.15. The Morgan fingerprint density at radius 3 is 2.74 bits per heavy atom. The van der Waals surface area contributed by atoms with Crippen LogP contribution in [-0.2, 0) is 4.74 Å². The maximum absolute atomic E-state index is 11.7. The van der Waals surface area contributed by atoms with Crippen molar-refractivity contribution < 1.29 is 14.3 Å². The second-order valence-electron chi connectivity index (χ2n) is 4.61. The minimum absolute atomic E-state index is 0.299.